The molecule has 2 heterocycles. The second-order valence-corrected chi connectivity index (χ2v) is 7.29. The molecule has 2 fully saturated rings. The maximum Gasteiger partial charge on any atom is 0.114 e. The van der Waals surface area contributed by atoms with Gasteiger partial charge in [0.25, 0.3) is 0 Å². The zero-order chi connectivity index (χ0) is 23.4. The van der Waals surface area contributed by atoms with Crippen molar-refractivity contribution in [1.29, 1.82) is 0 Å². The highest BCUT2D eigenvalue weighted by molar-refractivity contribution is 7.59. The molecule has 0 aromatic heterocycles. The molecule has 2 rings (SSSR count). The van der Waals surface area contributed by atoms with Crippen LogP contribution in [0.4, 0.5) is 0 Å². The summed E-state index contributed by atoms with van der Waals surface area (Å²) in [6.45, 7) is 7.95. The van der Waals surface area contributed by atoms with Gasteiger partial charge < -0.3 is 37.9 Å². The van der Waals surface area contributed by atoms with Crippen LogP contribution in [0, 0.1) is 12.8 Å². The Morgan fingerprint density at radius 2 is 0.562 bits per heavy atom. The minimum absolute atomic E-state index is 0. The second kappa shape index (κ2) is 19.3. The molecule has 0 amide bonds. The van der Waals surface area contributed by atoms with Gasteiger partial charge in [-0.05, 0) is 27.7 Å². The summed E-state index contributed by atoms with van der Waals surface area (Å²) in [5.74, 6) is 0. The molecule has 0 bridgehead atoms. The topological polar surface area (TPSA) is 73.8 Å². The van der Waals surface area contributed by atoms with Crippen molar-refractivity contribution in [2.24, 2.45) is 0 Å². The largest absolute Gasteiger partial charge is 0.376 e. The molecule has 32 heavy (non-hydrogen) atoms. The monoisotopic (exact) mass is 502 g/mol. The maximum atomic E-state index is 5.70. The number of terminal acetylenes is 1. The summed E-state index contributed by atoms with van der Waals surface area (Å²) in [5, 5.41) is 0. The third kappa shape index (κ3) is 9.29. The number of rotatable bonds is 6. The van der Waals surface area contributed by atoms with Crippen molar-refractivity contribution in [2.45, 2.75) is 88.7 Å². The summed E-state index contributed by atoms with van der Waals surface area (Å²) in [4.78, 5) is 0. The van der Waals surface area contributed by atoms with E-state index in [-0.39, 0.29) is 88.0 Å². The first-order valence-electron chi connectivity index (χ1n) is 10.1. The number of hydrogen-bond donors (Lipinski definition) is 0. The van der Waals surface area contributed by atoms with Crippen molar-refractivity contribution in [1.82, 2.24) is 0 Å². The van der Waals surface area contributed by atoms with Crippen LogP contribution in [-0.2, 0) is 37.9 Å². The van der Waals surface area contributed by atoms with Crippen molar-refractivity contribution in [2.75, 3.05) is 42.7 Å². The quantitative estimate of drug-likeness (QED) is 0.512. The number of methoxy groups -OCH3 is 6. The van der Waals surface area contributed by atoms with Crippen molar-refractivity contribution in [3.05, 3.63) is 0 Å². The van der Waals surface area contributed by atoms with E-state index >= 15 is 0 Å². The molecule has 194 valence electrons. The fraction of sp³-hybridized carbons (Fsp3) is 0.909. The molecule has 10 heteroatoms. The van der Waals surface area contributed by atoms with Crippen LogP contribution in [0.3, 0.4) is 0 Å². The molecule has 2 aliphatic rings. The maximum absolute atomic E-state index is 5.70. The van der Waals surface area contributed by atoms with E-state index in [1.807, 2.05) is 27.7 Å². The van der Waals surface area contributed by atoms with Gasteiger partial charge in [0.15, 0.2) is 0 Å². The molecule has 0 aromatic carbocycles. The molecule has 0 spiro atoms. The predicted octanol–water partition coefficient (Wildman–Crippen LogP) is 2.15. The minimum Gasteiger partial charge on any atom is -0.376 e. The lowest BCUT2D eigenvalue weighted by atomic mass is 9.96. The van der Waals surface area contributed by atoms with E-state index in [0.29, 0.717) is 0 Å². The van der Waals surface area contributed by atoms with Gasteiger partial charge in [-0.3, -0.25) is 0 Å². The predicted molar refractivity (Wildman–Crippen MR) is 135 cm³/mol. The van der Waals surface area contributed by atoms with E-state index in [1.165, 1.54) is 0 Å². The second-order valence-electron chi connectivity index (χ2n) is 7.29. The van der Waals surface area contributed by atoms with E-state index < -0.39 is 0 Å². The normalized spacial score (nSPS) is 38.5. The van der Waals surface area contributed by atoms with Crippen LogP contribution >= 0.6 is 27.0 Å². The van der Waals surface area contributed by atoms with Crippen LogP contribution in [0.2, 0.25) is 0 Å². The molecule has 2 aliphatic heterocycles. The molecule has 0 aromatic rings. The Morgan fingerprint density at radius 1 is 0.406 bits per heavy atom. The van der Waals surface area contributed by atoms with E-state index in [1.54, 1.807) is 42.7 Å². The van der Waals surface area contributed by atoms with Crippen LogP contribution in [-0.4, -0.2) is 104 Å². The van der Waals surface area contributed by atoms with E-state index in [0.717, 1.165) is 0 Å². The summed E-state index contributed by atoms with van der Waals surface area (Å²) in [6, 6.07) is 0. The van der Waals surface area contributed by atoms with Crippen molar-refractivity contribution < 1.29 is 37.9 Å². The SMILES string of the molecule is C#C.COC1C(C)OC(C)C(OC)C1OC.COC1[C@@H](OC)[C@H](C)O[C@@H](C)[C@@H]1OC.S.S. The van der Waals surface area contributed by atoms with Gasteiger partial charge in [-0.1, -0.05) is 0 Å². The summed E-state index contributed by atoms with van der Waals surface area (Å²) < 4.78 is 43.6. The van der Waals surface area contributed by atoms with Gasteiger partial charge in [0.1, 0.15) is 36.6 Å². The van der Waals surface area contributed by atoms with Crippen LogP contribution in [0.25, 0.3) is 0 Å². The molecule has 0 aliphatic carbocycles. The average Bonchev–Trinajstić information content (AvgIpc) is 2.74. The molecule has 8 atom stereocenters. The van der Waals surface area contributed by atoms with E-state index in [9.17, 15) is 0 Å². The Labute approximate surface area is 209 Å². The third-order valence-electron chi connectivity index (χ3n) is 5.64. The van der Waals surface area contributed by atoms with Gasteiger partial charge >= 0.3 is 0 Å². The first kappa shape index (κ1) is 36.5. The fourth-order valence-corrected chi connectivity index (χ4v) is 4.27. The first-order chi connectivity index (χ1) is 14.3. The molecule has 0 N–H and O–H groups in total. The van der Waals surface area contributed by atoms with Gasteiger partial charge in [0.2, 0.25) is 0 Å². The summed E-state index contributed by atoms with van der Waals surface area (Å²) in [6.07, 6.45) is 7.73. The zero-order valence-corrected chi connectivity index (χ0v) is 23.2. The zero-order valence-electron chi connectivity index (χ0n) is 21.2. The van der Waals surface area contributed by atoms with Gasteiger partial charge in [-0.25, -0.2) is 0 Å². The van der Waals surface area contributed by atoms with E-state index in [2.05, 4.69) is 12.8 Å². The Morgan fingerprint density at radius 3 is 0.688 bits per heavy atom. The Balaban J connectivity index is -0.000000461. The third-order valence-corrected chi connectivity index (χ3v) is 5.64. The number of ether oxygens (including phenoxy) is 8. The lowest BCUT2D eigenvalue weighted by Gasteiger charge is -2.42. The lowest BCUT2D eigenvalue weighted by molar-refractivity contribution is -0.233. The molecule has 2 saturated heterocycles. The summed E-state index contributed by atoms with van der Waals surface area (Å²) in [5.41, 5.74) is 0. The Kier molecular flexibility index (Phi) is 22.0. The highest BCUT2D eigenvalue weighted by Crippen LogP contribution is 2.27. The van der Waals surface area contributed by atoms with Crippen LogP contribution in [0.5, 0.6) is 0 Å². The Hall–Kier alpha value is -0.0600. The molecule has 4 unspecified atom stereocenters. The van der Waals surface area contributed by atoms with Gasteiger partial charge in [-0.15, -0.1) is 12.8 Å². The molecular weight excluding hydrogens is 456 g/mol. The smallest absolute Gasteiger partial charge is 0.114 e. The van der Waals surface area contributed by atoms with Crippen molar-refractivity contribution in [3.63, 3.8) is 0 Å². The van der Waals surface area contributed by atoms with Crippen LogP contribution in [0.15, 0.2) is 0 Å². The average molecular weight is 503 g/mol. The molecule has 0 saturated carbocycles. The fourth-order valence-electron chi connectivity index (χ4n) is 4.27. The lowest BCUT2D eigenvalue weighted by Crippen LogP contribution is -2.57. The van der Waals surface area contributed by atoms with Crippen LogP contribution in [0.1, 0.15) is 27.7 Å². The van der Waals surface area contributed by atoms with Gasteiger partial charge in [-0.2, -0.15) is 27.0 Å². The molecule has 0 radical (unpaired) electrons. The van der Waals surface area contributed by atoms with Gasteiger partial charge in [0, 0.05) is 42.7 Å². The van der Waals surface area contributed by atoms with Crippen molar-refractivity contribution >= 4 is 27.0 Å². The molecule has 8 nitrogen and oxygen atoms in total. The van der Waals surface area contributed by atoms with Gasteiger partial charge in [0.05, 0.1) is 24.4 Å². The highest BCUT2D eigenvalue weighted by atomic mass is 32.1. The Bertz CT molecular complexity index is 400. The molecular formula is C22H46O8S2. The van der Waals surface area contributed by atoms with Crippen molar-refractivity contribution in [3.8, 4) is 12.8 Å². The van der Waals surface area contributed by atoms with E-state index in [4.69, 9.17) is 37.9 Å². The minimum atomic E-state index is -0.0684. The summed E-state index contributed by atoms with van der Waals surface area (Å²) in [7, 11) is 10.0. The highest BCUT2D eigenvalue weighted by Gasteiger charge is 2.44. The summed E-state index contributed by atoms with van der Waals surface area (Å²) >= 11 is 0. The number of hydrogen-bond acceptors (Lipinski definition) is 8. The standard InChI is InChI=1S/2C10H20O4.C2H2.2H2S/c2*1-6-8(11-3)10(13-5)9(12-4)7(2)14-6;1-2;;/h2*6-10H,1-5H3;1-2H;2*1H2/t6-,7-,8-,9-;;;;/m0..../s1. The first-order valence-corrected chi connectivity index (χ1v) is 10.1. The van der Waals surface area contributed by atoms with Crippen LogP contribution < -0.4 is 0 Å².